The number of Topliss-reactive ketones (excluding diaryl/α,β-unsaturated/α-hetero) is 1. The van der Waals surface area contributed by atoms with Crippen LogP contribution in [-0.4, -0.2) is 24.6 Å². The number of hydrogen-bond acceptors (Lipinski definition) is 3. The number of methoxy groups -OCH3 is 2. The molecule has 4 nitrogen and oxygen atoms in total. The minimum atomic E-state index is 0.0199. The van der Waals surface area contributed by atoms with Gasteiger partial charge in [-0.3, -0.25) is 4.79 Å². The Morgan fingerprint density at radius 2 is 1.92 bits per heavy atom. The van der Waals surface area contributed by atoms with Gasteiger partial charge in [0.25, 0.3) is 0 Å². The second kappa shape index (κ2) is 6.40. The van der Waals surface area contributed by atoms with E-state index in [-0.39, 0.29) is 5.78 Å². The Morgan fingerprint density at radius 1 is 1.12 bits per heavy atom. The van der Waals surface area contributed by atoms with Gasteiger partial charge in [0.05, 0.1) is 25.1 Å². The third kappa shape index (κ3) is 2.87. The molecule has 2 aromatic carbocycles. The predicted octanol–water partition coefficient (Wildman–Crippen LogP) is 4.22. The third-order valence-corrected chi connectivity index (χ3v) is 4.19. The van der Waals surface area contributed by atoms with Crippen LogP contribution in [0.5, 0.6) is 11.5 Å². The fraction of sp³-hybridized carbons (Fsp3) is 0.250. The van der Waals surface area contributed by atoms with Crippen molar-refractivity contribution in [3.8, 4) is 11.5 Å². The summed E-state index contributed by atoms with van der Waals surface area (Å²) in [4.78, 5) is 12.1. The van der Waals surface area contributed by atoms with E-state index in [4.69, 9.17) is 9.47 Å². The highest BCUT2D eigenvalue weighted by atomic mass is 16.5. The van der Waals surface area contributed by atoms with Gasteiger partial charge in [-0.15, -0.1) is 0 Å². The Labute approximate surface area is 141 Å². The first-order valence-corrected chi connectivity index (χ1v) is 7.85. The number of carbonyl (C=O) groups excluding carboxylic acids is 1. The molecule has 3 aromatic rings. The summed E-state index contributed by atoms with van der Waals surface area (Å²) in [6.07, 6.45) is 1.90. The van der Waals surface area contributed by atoms with Crippen LogP contribution in [0.2, 0.25) is 0 Å². The van der Waals surface area contributed by atoms with Gasteiger partial charge in [0.1, 0.15) is 11.5 Å². The molecular weight excluding hydrogens is 302 g/mol. The Kier molecular flexibility index (Phi) is 4.30. The van der Waals surface area contributed by atoms with E-state index < -0.39 is 0 Å². The van der Waals surface area contributed by atoms with Crippen molar-refractivity contribution in [3.05, 3.63) is 59.3 Å². The van der Waals surface area contributed by atoms with Crippen molar-refractivity contribution in [2.45, 2.75) is 20.4 Å². The second-order valence-corrected chi connectivity index (χ2v) is 5.94. The van der Waals surface area contributed by atoms with Gasteiger partial charge in [-0.25, -0.2) is 0 Å². The number of nitrogens with zero attached hydrogens (tertiary/aromatic N) is 1. The van der Waals surface area contributed by atoms with Gasteiger partial charge in [-0.2, -0.15) is 0 Å². The summed E-state index contributed by atoms with van der Waals surface area (Å²) in [5.74, 6) is 1.38. The van der Waals surface area contributed by atoms with Crippen LogP contribution in [0.4, 0.5) is 0 Å². The van der Waals surface area contributed by atoms with Crippen molar-refractivity contribution in [2.24, 2.45) is 0 Å². The molecule has 0 saturated carbocycles. The summed E-state index contributed by atoms with van der Waals surface area (Å²) in [5.41, 5.74) is 3.99. The molecule has 0 fully saturated rings. The summed E-state index contributed by atoms with van der Waals surface area (Å²) >= 11 is 0. The number of ketones is 1. The zero-order chi connectivity index (χ0) is 17.3. The van der Waals surface area contributed by atoms with Gasteiger partial charge in [-0.05, 0) is 19.4 Å². The number of carbonyl (C=O) groups is 1. The van der Waals surface area contributed by atoms with Crippen molar-refractivity contribution < 1.29 is 14.3 Å². The molecular formula is C20H21NO3. The van der Waals surface area contributed by atoms with E-state index in [2.05, 4.69) is 29.7 Å². The largest absolute Gasteiger partial charge is 0.497 e. The number of hydrogen-bond donors (Lipinski definition) is 0. The Bertz CT molecular complexity index is 909. The SMILES string of the molecule is COc1cc(OC)c2c(C(C)=O)cn(Cc3cccc(C)c3)c2c1. The molecule has 0 amide bonds. The van der Waals surface area contributed by atoms with E-state index in [9.17, 15) is 4.79 Å². The molecule has 24 heavy (non-hydrogen) atoms. The molecule has 1 heterocycles. The summed E-state index contributed by atoms with van der Waals surface area (Å²) in [7, 11) is 3.23. The Hall–Kier alpha value is -2.75. The number of fused-ring (bicyclic) bond motifs is 1. The lowest BCUT2D eigenvalue weighted by Gasteiger charge is -2.10. The van der Waals surface area contributed by atoms with Crippen LogP contribution in [0.1, 0.15) is 28.4 Å². The highest BCUT2D eigenvalue weighted by Gasteiger charge is 2.18. The van der Waals surface area contributed by atoms with Gasteiger partial charge in [0.15, 0.2) is 5.78 Å². The smallest absolute Gasteiger partial charge is 0.162 e. The number of benzene rings is 2. The summed E-state index contributed by atoms with van der Waals surface area (Å²) in [6.45, 7) is 4.33. The van der Waals surface area contributed by atoms with Crippen LogP contribution in [0.15, 0.2) is 42.6 Å². The highest BCUT2D eigenvalue weighted by Crippen LogP contribution is 2.35. The summed E-state index contributed by atoms with van der Waals surface area (Å²) < 4.78 is 13.0. The average molecular weight is 323 g/mol. The number of ether oxygens (including phenoxy) is 2. The Balaban J connectivity index is 2.22. The maximum atomic E-state index is 12.1. The minimum absolute atomic E-state index is 0.0199. The van der Waals surface area contributed by atoms with Crippen molar-refractivity contribution in [3.63, 3.8) is 0 Å². The van der Waals surface area contributed by atoms with E-state index in [1.165, 1.54) is 11.1 Å². The topological polar surface area (TPSA) is 40.5 Å². The first-order chi connectivity index (χ1) is 11.5. The van der Waals surface area contributed by atoms with E-state index in [0.717, 1.165) is 10.9 Å². The molecule has 124 valence electrons. The van der Waals surface area contributed by atoms with E-state index in [1.807, 2.05) is 24.4 Å². The fourth-order valence-electron chi connectivity index (χ4n) is 3.05. The third-order valence-electron chi connectivity index (χ3n) is 4.19. The van der Waals surface area contributed by atoms with Crippen molar-refractivity contribution in [1.82, 2.24) is 4.57 Å². The standard InChI is InChI=1S/C20H21NO3/c1-13-6-5-7-15(8-13)11-21-12-17(14(2)22)20-18(21)9-16(23-3)10-19(20)24-4/h5-10,12H,11H2,1-4H3. The molecule has 0 N–H and O–H groups in total. The maximum Gasteiger partial charge on any atom is 0.162 e. The van der Waals surface area contributed by atoms with Crippen LogP contribution >= 0.6 is 0 Å². The lowest BCUT2D eigenvalue weighted by Crippen LogP contribution is -1.99. The molecule has 0 aliphatic heterocycles. The van der Waals surface area contributed by atoms with Crippen LogP contribution in [0.25, 0.3) is 10.9 Å². The molecule has 4 heteroatoms. The van der Waals surface area contributed by atoms with Gasteiger partial charge in [-0.1, -0.05) is 29.8 Å². The second-order valence-electron chi connectivity index (χ2n) is 5.94. The van der Waals surface area contributed by atoms with Crippen molar-refractivity contribution >= 4 is 16.7 Å². The number of aryl methyl sites for hydroxylation is 1. The van der Waals surface area contributed by atoms with E-state index in [0.29, 0.717) is 23.6 Å². The highest BCUT2D eigenvalue weighted by molar-refractivity contribution is 6.09. The average Bonchev–Trinajstić information content (AvgIpc) is 2.93. The number of aromatic nitrogens is 1. The van der Waals surface area contributed by atoms with Gasteiger partial charge >= 0.3 is 0 Å². The monoisotopic (exact) mass is 323 g/mol. The molecule has 1 aromatic heterocycles. The zero-order valence-electron chi connectivity index (χ0n) is 14.4. The first kappa shape index (κ1) is 16.1. The Morgan fingerprint density at radius 3 is 2.54 bits per heavy atom. The predicted molar refractivity (Wildman–Crippen MR) is 95.3 cm³/mol. The summed E-state index contributed by atoms with van der Waals surface area (Å²) in [6, 6.07) is 12.1. The zero-order valence-corrected chi connectivity index (χ0v) is 14.4. The molecule has 0 atom stereocenters. The first-order valence-electron chi connectivity index (χ1n) is 7.85. The van der Waals surface area contributed by atoms with Gasteiger partial charge in [0.2, 0.25) is 0 Å². The normalized spacial score (nSPS) is 10.8. The molecule has 0 spiro atoms. The van der Waals surface area contributed by atoms with Crippen molar-refractivity contribution in [1.29, 1.82) is 0 Å². The molecule has 3 rings (SSSR count). The lowest BCUT2D eigenvalue weighted by atomic mass is 10.1. The van der Waals surface area contributed by atoms with Crippen LogP contribution < -0.4 is 9.47 Å². The minimum Gasteiger partial charge on any atom is -0.497 e. The lowest BCUT2D eigenvalue weighted by molar-refractivity contribution is 0.101. The summed E-state index contributed by atoms with van der Waals surface area (Å²) in [5, 5.41) is 0.832. The van der Waals surface area contributed by atoms with Gasteiger partial charge in [0, 0.05) is 30.4 Å². The molecule has 0 aliphatic carbocycles. The van der Waals surface area contributed by atoms with E-state index >= 15 is 0 Å². The molecule has 0 bridgehead atoms. The molecule has 0 radical (unpaired) electrons. The van der Waals surface area contributed by atoms with Crippen LogP contribution in [-0.2, 0) is 6.54 Å². The maximum absolute atomic E-state index is 12.1. The fourth-order valence-corrected chi connectivity index (χ4v) is 3.05. The van der Waals surface area contributed by atoms with Crippen LogP contribution in [0.3, 0.4) is 0 Å². The van der Waals surface area contributed by atoms with Crippen LogP contribution in [0, 0.1) is 6.92 Å². The molecule has 0 aliphatic rings. The van der Waals surface area contributed by atoms with E-state index in [1.54, 1.807) is 21.1 Å². The quantitative estimate of drug-likeness (QED) is 0.660. The molecule has 0 saturated heterocycles. The van der Waals surface area contributed by atoms with Crippen molar-refractivity contribution in [2.75, 3.05) is 14.2 Å². The molecule has 0 unspecified atom stereocenters. The number of rotatable bonds is 5. The van der Waals surface area contributed by atoms with Gasteiger partial charge < -0.3 is 14.0 Å².